The second kappa shape index (κ2) is 5.50. The number of aromatic nitrogens is 1. The standard InChI is InChI=1S/C16H14ClN3O/c17-14-4-2-1-3-10(14)8-20-16(21)13-9-19-15-6-5-11(18)7-12(13)15/h1-7,9,19H,8,18H2,(H,20,21). The van der Waals surface area contributed by atoms with Crippen molar-refractivity contribution in [1.82, 2.24) is 10.3 Å². The number of H-pyrrole nitrogens is 1. The molecule has 1 heterocycles. The first kappa shape index (κ1) is 13.5. The zero-order valence-corrected chi connectivity index (χ0v) is 11.9. The average molecular weight is 300 g/mol. The van der Waals surface area contributed by atoms with Crippen molar-refractivity contribution >= 4 is 34.1 Å². The van der Waals surface area contributed by atoms with Crippen LogP contribution in [0.1, 0.15) is 15.9 Å². The highest BCUT2D eigenvalue weighted by Crippen LogP contribution is 2.21. The van der Waals surface area contributed by atoms with E-state index in [4.69, 9.17) is 17.3 Å². The Morgan fingerprint density at radius 1 is 1.24 bits per heavy atom. The molecule has 3 rings (SSSR count). The zero-order valence-electron chi connectivity index (χ0n) is 11.2. The van der Waals surface area contributed by atoms with Crippen LogP contribution >= 0.6 is 11.6 Å². The molecule has 0 fully saturated rings. The van der Waals surface area contributed by atoms with E-state index in [1.54, 1.807) is 24.4 Å². The Hall–Kier alpha value is -2.46. The number of anilines is 1. The molecule has 0 aliphatic heterocycles. The molecule has 0 saturated heterocycles. The molecule has 0 unspecified atom stereocenters. The topological polar surface area (TPSA) is 70.9 Å². The number of carbonyl (C=O) groups is 1. The van der Waals surface area contributed by atoms with Crippen LogP contribution in [0.25, 0.3) is 10.9 Å². The number of aromatic amines is 1. The van der Waals surface area contributed by atoms with Crippen molar-refractivity contribution in [3.05, 3.63) is 64.8 Å². The summed E-state index contributed by atoms with van der Waals surface area (Å²) >= 11 is 6.07. The van der Waals surface area contributed by atoms with Gasteiger partial charge in [-0.15, -0.1) is 0 Å². The molecule has 0 bridgehead atoms. The van der Waals surface area contributed by atoms with Gasteiger partial charge in [-0.1, -0.05) is 29.8 Å². The van der Waals surface area contributed by atoms with Crippen molar-refractivity contribution in [1.29, 1.82) is 0 Å². The zero-order chi connectivity index (χ0) is 14.8. The molecule has 0 saturated carbocycles. The number of carbonyl (C=O) groups excluding carboxylic acids is 1. The van der Waals surface area contributed by atoms with Crippen LogP contribution in [-0.2, 0) is 6.54 Å². The third kappa shape index (κ3) is 2.71. The SMILES string of the molecule is Nc1ccc2[nH]cc(C(=O)NCc3ccccc3Cl)c2c1. The van der Waals surface area contributed by atoms with Crippen molar-refractivity contribution in [2.75, 3.05) is 5.73 Å². The molecule has 21 heavy (non-hydrogen) atoms. The Bertz CT molecular complexity index is 810. The van der Waals surface area contributed by atoms with Crippen molar-refractivity contribution in [3.63, 3.8) is 0 Å². The van der Waals surface area contributed by atoms with Crippen LogP contribution < -0.4 is 11.1 Å². The molecule has 5 heteroatoms. The molecular weight excluding hydrogens is 286 g/mol. The lowest BCUT2D eigenvalue weighted by Gasteiger charge is -2.06. The van der Waals surface area contributed by atoms with Gasteiger partial charge < -0.3 is 16.0 Å². The molecule has 106 valence electrons. The number of rotatable bonds is 3. The van der Waals surface area contributed by atoms with Crippen LogP contribution in [0.15, 0.2) is 48.7 Å². The number of nitrogen functional groups attached to an aromatic ring is 1. The minimum atomic E-state index is -0.160. The van der Waals surface area contributed by atoms with Crippen LogP contribution in [-0.4, -0.2) is 10.9 Å². The molecule has 4 N–H and O–H groups in total. The minimum Gasteiger partial charge on any atom is -0.399 e. The average Bonchev–Trinajstić information content (AvgIpc) is 2.89. The maximum Gasteiger partial charge on any atom is 0.253 e. The van der Waals surface area contributed by atoms with Crippen molar-refractivity contribution in [2.24, 2.45) is 0 Å². The highest BCUT2D eigenvalue weighted by Gasteiger charge is 2.12. The van der Waals surface area contributed by atoms with Gasteiger partial charge in [0.25, 0.3) is 5.91 Å². The van der Waals surface area contributed by atoms with Crippen LogP contribution in [0, 0.1) is 0 Å². The van der Waals surface area contributed by atoms with Crippen molar-refractivity contribution in [2.45, 2.75) is 6.54 Å². The lowest BCUT2D eigenvalue weighted by Crippen LogP contribution is -2.22. The number of hydrogen-bond donors (Lipinski definition) is 3. The Labute approximate surface area is 126 Å². The molecule has 2 aromatic carbocycles. The second-order valence-corrected chi connectivity index (χ2v) is 5.19. The number of nitrogens with one attached hydrogen (secondary N) is 2. The third-order valence-electron chi connectivity index (χ3n) is 3.35. The predicted octanol–water partition coefficient (Wildman–Crippen LogP) is 3.33. The molecule has 0 aliphatic carbocycles. The van der Waals surface area contributed by atoms with E-state index < -0.39 is 0 Å². The number of nitrogens with two attached hydrogens (primary N) is 1. The van der Waals surface area contributed by atoms with E-state index in [2.05, 4.69) is 10.3 Å². The molecule has 0 atom stereocenters. The monoisotopic (exact) mass is 299 g/mol. The van der Waals surface area contributed by atoms with E-state index in [1.807, 2.05) is 24.3 Å². The minimum absolute atomic E-state index is 0.160. The smallest absolute Gasteiger partial charge is 0.253 e. The lowest BCUT2D eigenvalue weighted by molar-refractivity contribution is 0.0952. The van der Waals surface area contributed by atoms with Crippen LogP contribution in [0.3, 0.4) is 0 Å². The molecule has 0 aliphatic rings. The molecule has 1 amide bonds. The van der Waals surface area contributed by atoms with Gasteiger partial charge in [0.1, 0.15) is 0 Å². The van der Waals surface area contributed by atoms with E-state index in [-0.39, 0.29) is 5.91 Å². The quantitative estimate of drug-likeness (QED) is 0.649. The summed E-state index contributed by atoms with van der Waals surface area (Å²) < 4.78 is 0. The first-order chi connectivity index (χ1) is 10.1. The van der Waals surface area contributed by atoms with Gasteiger partial charge in [0.05, 0.1) is 5.56 Å². The summed E-state index contributed by atoms with van der Waals surface area (Å²) in [5.41, 5.74) is 8.74. The highest BCUT2D eigenvalue weighted by molar-refractivity contribution is 6.31. The molecule has 3 aromatic rings. The highest BCUT2D eigenvalue weighted by atomic mass is 35.5. The van der Waals surface area contributed by atoms with Gasteiger partial charge in [0, 0.05) is 34.4 Å². The van der Waals surface area contributed by atoms with Gasteiger partial charge in [-0.05, 0) is 29.8 Å². The Morgan fingerprint density at radius 2 is 2.05 bits per heavy atom. The van der Waals surface area contributed by atoms with E-state index >= 15 is 0 Å². The Morgan fingerprint density at radius 3 is 2.86 bits per heavy atom. The summed E-state index contributed by atoms with van der Waals surface area (Å²) in [5.74, 6) is -0.160. The number of hydrogen-bond acceptors (Lipinski definition) is 2. The molecular formula is C16H14ClN3O. The maximum atomic E-state index is 12.3. The van der Waals surface area contributed by atoms with Crippen molar-refractivity contribution < 1.29 is 4.79 Å². The number of fused-ring (bicyclic) bond motifs is 1. The number of benzene rings is 2. The summed E-state index contributed by atoms with van der Waals surface area (Å²) in [6.45, 7) is 0.382. The van der Waals surface area contributed by atoms with Crippen molar-refractivity contribution in [3.8, 4) is 0 Å². The molecule has 4 nitrogen and oxygen atoms in total. The van der Waals surface area contributed by atoms with Crippen LogP contribution in [0.5, 0.6) is 0 Å². The summed E-state index contributed by atoms with van der Waals surface area (Å²) in [4.78, 5) is 15.4. The van der Waals surface area contributed by atoms with E-state index in [0.29, 0.717) is 22.8 Å². The van der Waals surface area contributed by atoms with Gasteiger partial charge in [0.2, 0.25) is 0 Å². The fraction of sp³-hybridized carbons (Fsp3) is 0.0625. The third-order valence-corrected chi connectivity index (χ3v) is 3.72. The Balaban J connectivity index is 1.81. The fourth-order valence-electron chi connectivity index (χ4n) is 2.24. The van der Waals surface area contributed by atoms with Gasteiger partial charge in [-0.25, -0.2) is 0 Å². The predicted molar refractivity (Wildman–Crippen MR) is 85.3 cm³/mol. The van der Waals surface area contributed by atoms with Gasteiger partial charge in [-0.3, -0.25) is 4.79 Å². The van der Waals surface area contributed by atoms with Gasteiger partial charge in [-0.2, -0.15) is 0 Å². The van der Waals surface area contributed by atoms with E-state index in [0.717, 1.165) is 16.5 Å². The number of halogens is 1. The first-order valence-corrected chi connectivity index (χ1v) is 6.91. The lowest BCUT2D eigenvalue weighted by atomic mass is 10.1. The van der Waals surface area contributed by atoms with Gasteiger partial charge in [0.15, 0.2) is 0 Å². The molecule has 0 radical (unpaired) electrons. The first-order valence-electron chi connectivity index (χ1n) is 6.53. The fourth-order valence-corrected chi connectivity index (χ4v) is 2.44. The normalized spacial score (nSPS) is 10.7. The largest absolute Gasteiger partial charge is 0.399 e. The van der Waals surface area contributed by atoms with Crippen LogP contribution in [0.2, 0.25) is 5.02 Å². The second-order valence-electron chi connectivity index (χ2n) is 4.78. The Kier molecular flexibility index (Phi) is 3.54. The van der Waals surface area contributed by atoms with E-state index in [1.165, 1.54) is 0 Å². The maximum absolute atomic E-state index is 12.3. The molecule has 1 aromatic heterocycles. The molecule has 0 spiro atoms. The summed E-state index contributed by atoms with van der Waals surface area (Å²) in [6.07, 6.45) is 1.69. The van der Waals surface area contributed by atoms with Gasteiger partial charge >= 0.3 is 0 Å². The summed E-state index contributed by atoms with van der Waals surface area (Å²) in [5, 5.41) is 4.32. The van der Waals surface area contributed by atoms with E-state index in [9.17, 15) is 4.79 Å². The summed E-state index contributed by atoms with van der Waals surface area (Å²) in [6, 6.07) is 12.9. The number of amides is 1. The summed E-state index contributed by atoms with van der Waals surface area (Å²) in [7, 11) is 0. The van der Waals surface area contributed by atoms with Crippen LogP contribution in [0.4, 0.5) is 5.69 Å².